The molecule has 1 aromatic rings. The Hall–Kier alpha value is -1.35. The van der Waals surface area contributed by atoms with Gasteiger partial charge >= 0.3 is 0 Å². The number of nitrogens with one attached hydrogen (secondary N) is 1. The molecule has 104 valence electrons. The zero-order valence-corrected chi connectivity index (χ0v) is 12.1. The molecular formula is C16H24N2O. The summed E-state index contributed by atoms with van der Waals surface area (Å²) in [6.07, 6.45) is 2.31. The highest BCUT2D eigenvalue weighted by Gasteiger charge is 2.28. The monoisotopic (exact) mass is 260 g/mol. The van der Waals surface area contributed by atoms with Crippen molar-refractivity contribution in [2.24, 2.45) is 0 Å². The van der Waals surface area contributed by atoms with E-state index in [-0.39, 0.29) is 11.4 Å². The average molecular weight is 260 g/mol. The molecule has 3 heteroatoms. The first-order chi connectivity index (χ1) is 8.96. The molecule has 1 aliphatic rings. The van der Waals surface area contributed by atoms with Crippen LogP contribution in [0.4, 0.5) is 0 Å². The van der Waals surface area contributed by atoms with Crippen LogP contribution in [-0.2, 0) is 4.79 Å². The van der Waals surface area contributed by atoms with E-state index in [0.29, 0.717) is 12.6 Å². The third kappa shape index (κ3) is 4.06. The van der Waals surface area contributed by atoms with E-state index in [2.05, 4.69) is 34.5 Å². The number of amides is 1. The van der Waals surface area contributed by atoms with Crippen LogP contribution in [0, 0.1) is 0 Å². The molecule has 1 atom stereocenters. The molecule has 0 bridgehead atoms. The average Bonchev–Trinajstić information content (AvgIpc) is 2.75. The zero-order chi connectivity index (χ0) is 13.9. The molecule has 2 rings (SSSR count). The van der Waals surface area contributed by atoms with Gasteiger partial charge in [-0.15, -0.1) is 0 Å². The van der Waals surface area contributed by atoms with E-state index in [4.69, 9.17) is 0 Å². The number of benzene rings is 1. The summed E-state index contributed by atoms with van der Waals surface area (Å²) in [6, 6.07) is 10.9. The first kappa shape index (κ1) is 14.1. The van der Waals surface area contributed by atoms with Crippen LogP contribution in [0.5, 0.6) is 0 Å². The lowest BCUT2D eigenvalue weighted by Crippen LogP contribution is -2.45. The van der Waals surface area contributed by atoms with Gasteiger partial charge in [0.2, 0.25) is 5.91 Å². The molecule has 1 heterocycles. The lowest BCUT2D eigenvalue weighted by atomic mass is 10.0. The van der Waals surface area contributed by atoms with Gasteiger partial charge in [0.05, 0.1) is 6.54 Å². The van der Waals surface area contributed by atoms with Crippen LogP contribution in [0.2, 0.25) is 0 Å². The summed E-state index contributed by atoms with van der Waals surface area (Å²) in [7, 11) is 0. The summed E-state index contributed by atoms with van der Waals surface area (Å²) in [5.41, 5.74) is 1.17. The molecule has 1 amide bonds. The minimum absolute atomic E-state index is 0.121. The molecule has 0 saturated carbocycles. The van der Waals surface area contributed by atoms with Gasteiger partial charge in [0.1, 0.15) is 0 Å². The van der Waals surface area contributed by atoms with Crippen LogP contribution >= 0.6 is 0 Å². The topological polar surface area (TPSA) is 32.3 Å². The van der Waals surface area contributed by atoms with E-state index in [1.165, 1.54) is 12.0 Å². The minimum Gasteiger partial charge on any atom is -0.350 e. The standard InChI is InChI=1S/C16H24N2O/c1-16(2,3)17-15(19)12-18-11-7-10-14(18)13-8-5-4-6-9-13/h4-6,8-9,14H,7,10-12H2,1-3H3,(H,17,19). The Balaban J connectivity index is 1.98. The zero-order valence-electron chi connectivity index (χ0n) is 12.1. The van der Waals surface area contributed by atoms with Gasteiger partial charge in [-0.05, 0) is 45.7 Å². The minimum atomic E-state index is -0.154. The lowest BCUT2D eigenvalue weighted by Gasteiger charge is -2.27. The van der Waals surface area contributed by atoms with Gasteiger partial charge in [0, 0.05) is 11.6 Å². The first-order valence-corrected chi connectivity index (χ1v) is 7.06. The predicted octanol–water partition coefficient (Wildman–Crippen LogP) is 2.74. The van der Waals surface area contributed by atoms with Crippen molar-refractivity contribution in [3.63, 3.8) is 0 Å². The van der Waals surface area contributed by atoms with Crippen molar-refractivity contribution in [1.82, 2.24) is 10.2 Å². The summed E-state index contributed by atoms with van der Waals surface area (Å²) >= 11 is 0. The van der Waals surface area contributed by atoms with Crippen LogP contribution in [0.1, 0.15) is 45.2 Å². The van der Waals surface area contributed by atoms with E-state index in [0.717, 1.165) is 13.0 Å². The molecule has 1 unspecified atom stereocenters. The fourth-order valence-corrected chi connectivity index (χ4v) is 2.71. The number of carbonyl (C=O) groups is 1. The summed E-state index contributed by atoms with van der Waals surface area (Å²) in [6.45, 7) is 7.56. The van der Waals surface area contributed by atoms with Crippen molar-refractivity contribution < 1.29 is 4.79 Å². The number of hydrogen-bond donors (Lipinski definition) is 1. The molecule has 1 N–H and O–H groups in total. The fourth-order valence-electron chi connectivity index (χ4n) is 2.71. The normalized spacial score (nSPS) is 20.5. The first-order valence-electron chi connectivity index (χ1n) is 7.06. The van der Waals surface area contributed by atoms with E-state index >= 15 is 0 Å². The summed E-state index contributed by atoms with van der Waals surface area (Å²) in [4.78, 5) is 14.3. The number of rotatable bonds is 3. The number of hydrogen-bond acceptors (Lipinski definition) is 2. The molecule has 0 aliphatic carbocycles. The third-order valence-corrected chi connectivity index (χ3v) is 3.41. The molecule has 1 aromatic carbocycles. The second-order valence-electron chi connectivity index (χ2n) is 6.34. The molecule has 1 fully saturated rings. The Morgan fingerprint density at radius 2 is 2.00 bits per heavy atom. The quantitative estimate of drug-likeness (QED) is 0.906. The second-order valence-corrected chi connectivity index (χ2v) is 6.34. The maximum atomic E-state index is 12.0. The van der Waals surface area contributed by atoms with Gasteiger partial charge in [0.15, 0.2) is 0 Å². The summed E-state index contributed by atoms with van der Waals surface area (Å²) in [5, 5.41) is 3.04. The van der Waals surface area contributed by atoms with Crippen molar-refractivity contribution >= 4 is 5.91 Å². The van der Waals surface area contributed by atoms with Crippen LogP contribution < -0.4 is 5.32 Å². The van der Waals surface area contributed by atoms with Crippen molar-refractivity contribution in [2.75, 3.05) is 13.1 Å². The number of likely N-dealkylation sites (tertiary alicyclic amines) is 1. The highest BCUT2D eigenvalue weighted by Crippen LogP contribution is 2.31. The Kier molecular flexibility index (Phi) is 4.25. The number of carbonyl (C=O) groups excluding carboxylic acids is 1. The van der Waals surface area contributed by atoms with Crippen molar-refractivity contribution in [1.29, 1.82) is 0 Å². The Bertz CT molecular complexity index is 422. The van der Waals surface area contributed by atoms with Crippen LogP contribution in [0.25, 0.3) is 0 Å². The fraction of sp³-hybridized carbons (Fsp3) is 0.562. The molecule has 1 saturated heterocycles. The maximum absolute atomic E-state index is 12.0. The van der Waals surface area contributed by atoms with Gasteiger partial charge in [-0.25, -0.2) is 0 Å². The van der Waals surface area contributed by atoms with Gasteiger partial charge < -0.3 is 5.32 Å². The largest absolute Gasteiger partial charge is 0.350 e. The predicted molar refractivity (Wildman–Crippen MR) is 77.9 cm³/mol. The van der Waals surface area contributed by atoms with Gasteiger partial charge in [-0.2, -0.15) is 0 Å². The van der Waals surface area contributed by atoms with Crippen molar-refractivity contribution in [2.45, 2.75) is 45.2 Å². The lowest BCUT2D eigenvalue weighted by molar-refractivity contribution is -0.123. The van der Waals surface area contributed by atoms with Crippen LogP contribution in [-0.4, -0.2) is 29.4 Å². The molecule has 1 aliphatic heterocycles. The highest BCUT2D eigenvalue weighted by molar-refractivity contribution is 5.78. The smallest absolute Gasteiger partial charge is 0.234 e. The third-order valence-electron chi connectivity index (χ3n) is 3.41. The van der Waals surface area contributed by atoms with E-state index in [9.17, 15) is 4.79 Å². The molecule has 0 aromatic heterocycles. The molecular weight excluding hydrogens is 236 g/mol. The summed E-state index contributed by atoms with van der Waals surface area (Å²) < 4.78 is 0. The SMILES string of the molecule is CC(C)(C)NC(=O)CN1CCCC1c1ccccc1. The highest BCUT2D eigenvalue weighted by atomic mass is 16.2. The van der Waals surface area contributed by atoms with Gasteiger partial charge in [0.25, 0.3) is 0 Å². The Morgan fingerprint density at radius 3 is 2.63 bits per heavy atom. The number of nitrogens with zero attached hydrogens (tertiary/aromatic N) is 1. The van der Waals surface area contributed by atoms with Crippen molar-refractivity contribution in [3.05, 3.63) is 35.9 Å². The summed E-state index contributed by atoms with van der Waals surface area (Å²) in [5.74, 6) is 0.121. The second kappa shape index (κ2) is 5.74. The van der Waals surface area contributed by atoms with Gasteiger partial charge in [-0.1, -0.05) is 30.3 Å². The van der Waals surface area contributed by atoms with Gasteiger partial charge in [-0.3, -0.25) is 9.69 Å². The van der Waals surface area contributed by atoms with Crippen LogP contribution in [0.15, 0.2) is 30.3 Å². The molecule has 3 nitrogen and oxygen atoms in total. The van der Waals surface area contributed by atoms with Crippen LogP contribution in [0.3, 0.4) is 0 Å². The van der Waals surface area contributed by atoms with E-state index in [1.807, 2.05) is 26.8 Å². The Morgan fingerprint density at radius 1 is 1.32 bits per heavy atom. The van der Waals surface area contributed by atoms with Crippen molar-refractivity contribution in [3.8, 4) is 0 Å². The molecule has 0 spiro atoms. The Labute approximate surface area is 116 Å². The maximum Gasteiger partial charge on any atom is 0.234 e. The van der Waals surface area contributed by atoms with E-state index < -0.39 is 0 Å². The van der Waals surface area contributed by atoms with E-state index in [1.54, 1.807) is 0 Å². The molecule has 19 heavy (non-hydrogen) atoms. The molecule has 0 radical (unpaired) electrons.